The van der Waals surface area contributed by atoms with E-state index in [-0.39, 0.29) is 22.9 Å². The summed E-state index contributed by atoms with van der Waals surface area (Å²) in [4.78, 5) is 20.1. The average molecular weight is 451 g/mol. The Labute approximate surface area is 181 Å². The third-order valence-electron chi connectivity index (χ3n) is 4.46. The largest absolute Gasteiger partial charge is 0.612 e. The highest BCUT2D eigenvalue weighted by Crippen LogP contribution is 2.30. The second-order valence-corrected chi connectivity index (χ2v) is 8.96. The Bertz CT molecular complexity index is 1100. The fourth-order valence-electron chi connectivity index (χ4n) is 3.09. The number of rotatable bonds is 4. The van der Waals surface area contributed by atoms with Crippen LogP contribution in [0.25, 0.3) is 22.4 Å². The van der Waals surface area contributed by atoms with E-state index in [9.17, 15) is 9.35 Å². The minimum absolute atomic E-state index is 0. The zero-order valence-electron chi connectivity index (χ0n) is 15.9. The van der Waals surface area contributed by atoms with E-state index in [1.54, 1.807) is 19.4 Å². The molecule has 152 valence electrons. The van der Waals surface area contributed by atoms with Gasteiger partial charge in [-0.15, -0.1) is 12.4 Å². The number of methoxy groups -OCH3 is 1. The van der Waals surface area contributed by atoms with Gasteiger partial charge in [-0.3, -0.25) is 4.79 Å². The Balaban J connectivity index is 0.00000240. The van der Waals surface area contributed by atoms with Crippen molar-refractivity contribution in [2.45, 2.75) is 17.1 Å². The Morgan fingerprint density at radius 2 is 1.97 bits per heavy atom. The van der Waals surface area contributed by atoms with E-state index in [2.05, 4.69) is 15.5 Å². The molecular formula is C19H19ClN4O3S2. The molecule has 2 heterocycles. The van der Waals surface area contributed by atoms with Crippen LogP contribution in [0.3, 0.4) is 0 Å². The molecular weight excluding hydrogens is 432 g/mol. The summed E-state index contributed by atoms with van der Waals surface area (Å²) in [6.45, 7) is 1.95. The summed E-state index contributed by atoms with van der Waals surface area (Å²) in [7, 11) is 1.56. The Kier molecular flexibility index (Phi) is 6.42. The van der Waals surface area contributed by atoms with Gasteiger partial charge in [0.25, 0.3) is 5.24 Å². The highest BCUT2D eigenvalue weighted by molar-refractivity contribution is 8.14. The highest BCUT2D eigenvalue weighted by Gasteiger charge is 2.23. The summed E-state index contributed by atoms with van der Waals surface area (Å²) in [5, 5.41) is 4.02. The minimum atomic E-state index is -1.13. The number of nitrogens with one attached hydrogen (secondary N) is 2. The summed E-state index contributed by atoms with van der Waals surface area (Å²) in [6.07, 6.45) is 1.62. The topological polar surface area (TPSA) is 102 Å². The number of carbonyl (C=O) groups excluding carboxylic acids is 1. The van der Waals surface area contributed by atoms with E-state index in [1.165, 1.54) is 11.8 Å². The van der Waals surface area contributed by atoms with Crippen molar-refractivity contribution in [3.05, 3.63) is 42.0 Å². The molecule has 4 rings (SSSR count). The lowest BCUT2D eigenvalue weighted by Crippen LogP contribution is -2.29. The maximum atomic E-state index is 11.8. The van der Waals surface area contributed by atoms with Crippen LogP contribution in [0.1, 0.15) is 12.5 Å². The molecule has 0 radical (unpaired) electrons. The monoisotopic (exact) mass is 450 g/mol. The predicted octanol–water partition coefficient (Wildman–Crippen LogP) is 3.95. The molecule has 2 aromatic carbocycles. The number of fused-ring (bicyclic) bond motifs is 1. The summed E-state index contributed by atoms with van der Waals surface area (Å²) < 4.78 is 17.2. The molecule has 1 aliphatic rings. The van der Waals surface area contributed by atoms with Gasteiger partial charge in [0.05, 0.1) is 29.1 Å². The molecule has 1 amide bonds. The molecule has 0 aliphatic carbocycles. The van der Waals surface area contributed by atoms with Gasteiger partial charge >= 0.3 is 0 Å². The lowest BCUT2D eigenvalue weighted by Gasteiger charge is -2.18. The Hall–Kier alpha value is -2.20. The number of aromatic nitrogens is 2. The number of hydrazone groups is 1. The van der Waals surface area contributed by atoms with Crippen molar-refractivity contribution < 1.29 is 14.1 Å². The number of carbonyl (C=O) groups is 1. The molecule has 2 unspecified atom stereocenters. The van der Waals surface area contributed by atoms with Crippen molar-refractivity contribution in [2.24, 2.45) is 5.10 Å². The summed E-state index contributed by atoms with van der Waals surface area (Å²) in [5.41, 5.74) is 6.77. The SMILES string of the molecule is COc1cc(-c2nc3cc(C4=NNC(=O)SC4C)ccc3[nH]2)ccc1[S+](C)[O-].Cl. The summed E-state index contributed by atoms with van der Waals surface area (Å²) in [5.74, 6) is 1.26. The van der Waals surface area contributed by atoms with E-state index in [1.807, 2.05) is 37.3 Å². The van der Waals surface area contributed by atoms with Crippen LogP contribution in [0.2, 0.25) is 0 Å². The number of thioether (sulfide) groups is 1. The van der Waals surface area contributed by atoms with Gasteiger partial charge in [0.1, 0.15) is 12.1 Å². The molecule has 10 heteroatoms. The molecule has 0 saturated carbocycles. The van der Waals surface area contributed by atoms with E-state index in [0.29, 0.717) is 16.5 Å². The molecule has 0 bridgehead atoms. The molecule has 3 aromatic rings. The number of nitrogens with zero attached hydrogens (tertiary/aromatic N) is 2. The van der Waals surface area contributed by atoms with Crippen molar-refractivity contribution in [1.29, 1.82) is 0 Å². The lowest BCUT2D eigenvalue weighted by molar-refractivity contribution is 0.261. The number of imidazole rings is 1. The third kappa shape index (κ3) is 4.23. The first-order chi connectivity index (χ1) is 13.5. The van der Waals surface area contributed by atoms with Gasteiger partial charge in [0.15, 0.2) is 10.6 Å². The first-order valence-electron chi connectivity index (χ1n) is 8.52. The number of halogens is 1. The Morgan fingerprint density at radius 1 is 1.21 bits per heavy atom. The van der Waals surface area contributed by atoms with E-state index in [0.717, 1.165) is 27.9 Å². The standard InChI is InChI=1S/C19H18N4O3S2.ClH/c1-10-17(22-23-19(24)27-10)11-4-6-13-14(8-11)21-18(20-13)12-5-7-16(28(3)25)15(9-12)26-2;/h4-10H,1-3H3,(H,20,21)(H,23,24);1H. The summed E-state index contributed by atoms with van der Waals surface area (Å²) >= 11 is 0.0789. The number of hydrogen-bond donors (Lipinski definition) is 2. The third-order valence-corrected chi connectivity index (χ3v) is 6.30. The number of hydrogen-bond acceptors (Lipinski definition) is 6. The zero-order valence-corrected chi connectivity index (χ0v) is 18.3. The van der Waals surface area contributed by atoms with E-state index >= 15 is 0 Å². The molecule has 1 aliphatic heterocycles. The molecule has 2 N–H and O–H groups in total. The second-order valence-electron chi connectivity index (χ2n) is 6.29. The number of aromatic amines is 1. The molecule has 0 spiro atoms. The summed E-state index contributed by atoms with van der Waals surface area (Å²) in [6, 6.07) is 11.4. The van der Waals surface area contributed by atoms with Crippen molar-refractivity contribution in [3.8, 4) is 17.1 Å². The predicted molar refractivity (Wildman–Crippen MR) is 120 cm³/mol. The molecule has 0 fully saturated rings. The van der Waals surface area contributed by atoms with E-state index in [4.69, 9.17) is 9.72 Å². The van der Waals surface area contributed by atoms with Crippen LogP contribution in [0, 0.1) is 0 Å². The van der Waals surface area contributed by atoms with Crippen molar-refractivity contribution >= 4 is 57.3 Å². The highest BCUT2D eigenvalue weighted by atomic mass is 35.5. The van der Waals surface area contributed by atoms with Crippen LogP contribution in [-0.4, -0.2) is 44.1 Å². The zero-order chi connectivity index (χ0) is 19.8. The molecule has 1 aromatic heterocycles. The van der Waals surface area contributed by atoms with Crippen LogP contribution in [0.15, 0.2) is 46.4 Å². The molecule has 7 nitrogen and oxygen atoms in total. The van der Waals surface area contributed by atoms with Gasteiger partial charge < -0.3 is 14.3 Å². The smallest absolute Gasteiger partial charge is 0.299 e. The number of H-pyrrole nitrogens is 1. The van der Waals surface area contributed by atoms with Crippen LogP contribution in [0.4, 0.5) is 4.79 Å². The number of amides is 1. The maximum Gasteiger partial charge on any atom is 0.299 e. The molecule has 0 saturated heterocycles. The van der Waals surface area contributed by atoms with Crippen molar-refractivity contribution in [1.82, 2.24) is 15.4 Å². The van der Waals surface area contributed by atoms with Gasteiger partial charge in [-0.2, -0.15) is 5.10 Å². The van der Waals surface area contributed by atoms with Crippen molar-refractivity contribution in [3.63, 3.8) is 0 Å². The lowest BCUT2D eigenvalue weighted by atomic mass is 10.1. The van der Waals surface area contributed by atoms with E-state index < -0.39 is 11.2 Å². The van der Waals surface area contributed by atoms with Crippen LogP contribution < -0.4 is 10.2 Å². The maximum absolute atomic E-state index is 11.8. The normalized spacial score (nSPS) is 17.3. The molecule has 2 atom stereocenters. The quantitative estimate of drug-likeness (QED) is 0.586. The van der Waals surface area contributed by atoms with Crippen LogP contribution in [0.5, 0.6) is 5.75 Å². The molecule has 29 heavy (non-hydrogen) atoms. The van der Waals surface area contributed by atoms with Gasteiger partial charge in [0, 0.05) is 11.1 Å². The van der Waals surface area contributed by atoms with Crippen LogP contribution in [-0.2, 0) is 11.2 Å². The van der Waals surface area contributed by atoms with Gasteiger partial charge in [-0.25, -0.2) is 10.4 Å². The minimum Gasteiger partial charge on any atom is -0.612 e. The average Bonchev–Trinajstić information content (AvgIpc) is 3.10. The number of benzene rings is 2. The fraction of sp³-hybridized carbons (Fsp3) is 0.211. The second kappa shape index (κ2) is 8.66. The van der Waals surface area contributed by atoms with Gasteiger partial charge in [-0.1, -0.05) is 17.8 Å². The van der Waals surface area contributed by atoms with Gasteiger partial charge in [0.2, 0.25) is 0 Å². The Morgan fingerprint density at radius 3 is 2.66 bits per heavy atom. The van der Waals surface area contributed by atoms with Crippen LogP contribution >= 0.6 is 24.2 Å². The van der Waals surface area contributed by atoms with Crippen molar-refractivity contribution in [2.75, 3.05) is 13.4 Å². The van der Waals surface area contributed by atoms with Gasteiger partial charge in [-0.05, 0) is 48.4 Å². The first kappa shape index (κ1) is 21.5. The first-order valence-corrected chi connectivity index (χ1v) is 11.0. The number of ether oxygens (including phenoxy) is 1. The fourth-order valence-corrected chi connectivity index (χ4v) is 4.50.